The van der Waals surface area contributed by atoms with Crippen LogP contribution in [0, 0.1) is 0 Å². The number of carbonyl (C=O) groups excluding carboxylic acids is 2. The standard InChI is InChI=1S/C23H39N3O5/c1-2-8-22(28)26-21(18-19-9-5-10-20(27)17-19)23(29)25-12-7-16-31-14-4-3-13-30-15-6-11-24/h5,9-10,17,21,27H,2-4,6-8,11-16,18,24H2,1H3,(H,25,29)(H,26,28)/t21-/m0/s1. The van der Waals surface area contributed by atoms with Gasteiger partial charge in [0.25, 0.3) is 0 Å². The number of hydrogen-bond acceptors (Lipinski definition) is 6. The van der Waals surface area contributed by atoms with Crippen LogP contribution in [0.1, 0.15) is 51.0 Å². The summed E-state index contributed by atoms with van der Waals surface area (Å²) in [4.78, 5) is 24.6. The van der Waals surface area contributed by atoms with Crippen LogP contribution in [0.4, 0.5) is 0 Å². The lowest BCUT2D eigenvalue weighted by Gasteiger charge is -2.19. The zero-order valence-electron chi connectivity index (χ0n) is 18.7. The summed E-state index contributed by atoms with van der Waals surface area (Å²) in [6.45, 7) is 5.71. The number of amides is 2. The van der Waals surface area contributed by atoms with E-state index in [0.29, 0.717) is 58.6 Å². The molecular weight excluding hydrogens is 398 g/mol. The number of ether oxygens (including phenoxy) is 2. The van der Waals surface area contributed by atoms with Crippen molar-refractivity contribution in [3.05, 3.63) is 29.8 Å². The summed E-state index contributed by atoms with van der Waals surface area (Å²) in [5, 5.41) is 15.3. The average molecular weight is 438 g/mol. The lowest BCUT2D eigenvalue weighted by atomic mass is 10.0. The third-order valence-corrected chi connectivity index (χ3v) is 4.56. The number of nitrogens with two attached hydrogens (primary N) is 1. The molecule has 0 fully saturated rings. The van der Waals surface area contributed by atoms with Gasteiger partial charge in [0.2, 0.25) is 11.8 Å². The Bertz CT molecular complexity index is 627. The third kappa shape index (κ3) is 13.7. The molecule has 2 amide bonds. The molecule has 0 heterocycles. The molecule has 0 radical (unpaired) electrons. The largest absolute Gasteiger partial charge is 0.508 e. The van der Waals surface area contributed by atoms with E-state index in [2.05, 4.69) is 10.6 Å². The Kier molecular flexibility index (Phi) is 15.2. The van der Waals surface area contributed by atoms with Crippen molar-refractivity contribution in [1.82, 2.24) is 10.6 Å². The molecular formula is C23H39N3O5. The van der Waals surface area contributed by atoms with Gasteiger partial charge in [0.05, 0.1) is 0 Å². The number of phenols is 1. The van der Waals surface area contributed by atoms with Crippen LogP contribution in [0.25, 0.3) is 0 Å². The lowest BCUT2D eigenvalue weighted by Crippen LogP contribution is -2.48. The first-order valence-electron chi connectivity index (χ1n) is 11.3. The first-order chi connectivity index (χ1) is 15.1. The molecule has 8 heteroatoms. The quantitative estimate of drug-likeness (QED) is 0.260. The molecule has 0 aromatic heterocycles. The van der Waals surface area contributed by atoms with Crippen molar-refractivity contribution in [2.24, 2.45) is 5.73 Å². The summed E-state index contributed by atoms with van der Waals surface area (Å²) < 4.78 is 11.0. The number of benzene rings is 1. The monoisotopic (exact) mass is 437 g/mol. The molecule has 0 spiro atoms. The van der Waals surface area contributed by atoms with E-state index in [-0.39, 0.29) is 17.6 Å². The minimum absolute atomic E-state index is 0.135. The van der Waals surface area contributed by atoms with Gasteiger partial charge in [0.1, 0.15) is 11.8 Å². The number of rotatable bonds is 18. The number of hydrogen-bond donors (Lipinski definition) is 4. The summed E-state index contributed by atoms with van der Waals surface area (Å²) in [5.41, 5.74) is 6.19. The van der Waals surface area contributed by atoms with Crippen LogP contribution in [0.15, 0.2) is 24.3 Å². The molecule has 0 unspecified atom stereocenters. The van der Waals surface area contributed by atoms with E-state index in [1.807, 2.05) is 13.0 Å². The smallest absolute Gasteiger partial charge is 0.242 e. The average Bonchev–Trinajstić information content (AvgIpc) is 2.74. The molecule has 0 aliphatic carbocycles. The van der Waals surface area contributed by atoms with Crippen LogP contribution in [0.3, 0.4) is 0 Å². The van der Waals surface area contributed by atoms with Crippen LogP contribution < -0.4 is 16.4 Å². The van der Waals surface area contributed by atoms with Gasteiger partial charge in [-0.25, -0.2) is 0 Å². The summed E-state index contributed by atoms with van der Waals surface area (Å²) in [6, 6.07) is 6.04. The first-order valence-corrected chi connectivity index (χ1v) is 11.3. The van der Waals surface area contributed by atoms with Crippen LogP contribution in [-0.2, 0) is 25.5 Å². The fourth-order valence-electron chi connectivity index (χ4n) is 2.93. The maximum absolute atomic E-state index is 12.6. The number of phenolic OH excluding ortho intramolecular Hbond substituents is 1. The van der Waals surface area contributed by atoms with E-state index in [0.717, 1.165) is 31.4 Å². The Morgan fingerprint density at radius 1 is 1.06 bits per heavy atom. The highest BCUT2D eigenvalue weighted by Gasteiger charge is 2.20. The van der Waals surface area contributed by atoms with Gasteiger partial charge >= 0.3 is 0 Å². The minimum Gasteiger partial charge on any atom is -0.508 e. The van der Waals surface area contributed by atoms with E-state index in [4.69, 9.17) is 15.2 Å². The van der Waals surface area contributed by atoms with Crippen LogP contribution >= 0.6 is 0 Å². The predicted molar refractivity (Wildman–Crippen MR) is 121 cm³/mol. The minimum atomic E-state index is -0.680. The number of aromatic hydroxyl groups is 1. The topological polar surface area (TPSA) is 123 Å². The normalized spacial score (nSPS) is 11.8. The Morgan fingerprint density at radius 3 is 2.39 bits per heavy atom. The second-order valence-electron chi connectivity index (χ2n) is 7.46. The van der Waals surface area contributed by atoms with Gasteiger partial charge in [0, 0.05) is 45.8 Å². The Hall–Kier alpha value is -2.16. The van der Waals surface area contributed by atoms with Crippen LogP contribution in [0.2, 0.25) is 0 Å². The molecule has 0 bridgehead atoms. The summed E-state index contributed by atoms with van der Waals surface area (Å²) in [6.07, 6.45) is 4.87. The molecule has 0 saturated carbocycles. The highest BCUT2D eigenvalue weighted by atomic mass is 16.5. The molecule has 0 aliphatic rings. The molecule has 1 aromatic carbocycles. The maximum atomic E-state index is 12.6. The van der Waals surface area contributed by atoms with Crippen LogP contribution in [-0.4, -0.2) is 62.5 Å². The van der Waals surface area contributed by atoms with Gasteiger partial charge in [-0.2, -0.15) is 0 Å². The van der Waals surface area contributed by atoms with Gasteiger partial charge in [0.15, 0.2) is 0 Å². The highest BCUT2D eigenvalue weighted by molar-refractivity contribution is 5.87. The van der Waals surface area contributed by atoms with E-state index < -0.39 is 6.04 Å². The van der Waals surface area contributed by atoms with E-state index >= 15 is 0 Å². The first kappa shape index (κ1) is 26.9. The fraction of sp³-hybridized carbons (Fsp3) is 0.652. The zero-order chi connectivity index (χ0) is 22.7. The van der Waals surface area contributed by atoms with Crippen molar-refractivity contribution in [2.45, 2.75) is 57.9 Å². The van der Waals surface area contributed by atoms with Crippen molar-refractivity contribution < 1.29 is 24.2 Å². The molecule has 176 valence electrons. The van der Waals surface area contributed by atoms with E-state index in [1.54, 1.807) is 18.2 Å². The number of nitrogens with one attached hydrogen (secondary N) is 2. The maximum Gasteiger partial charge on any atom is 0.242 e. The molecule has 8 nitrogen and oxygen atoms in total. The summed E-state index contributed by atoms with van der Waals surface area (Å²) in [5.74, 6) is -0.253. The number of carbonyl (C=O) groups is 2. The van der Waals surface area contributed by atoms with Crippen molar-refractivity contribution in [2.75, 3.05) is 39.5 Å². The molecule has 0 saturated heterocycles. The fourth-order valence-corrected chi connectivity index (χ4v) is 2.93. The zero-order valence-corrected chi connectivity index (χ0v) is 18.7. The third-order valence-electron chi connectivity index (χ3n) is 4.56. The van der Waals surface area contributed by atoms with E-state index in [1.165, 1.54) is 0 Å². The van der Waals surface area contributed by atoms with Gasteiger partial charge < -0.3 is 30.9 Å². The summed E-state index contributed by atoms with van der Waals surface area (Å²) in [7, 11) is 0. The highest BCUT2D eigenvalue weighted by Crippen LogP contribution is 2.13. The van der Waals surface area contributed by atoms with Crippen molar-refractivity contribution >= 4 is 11.8 Å². The molecule has 1 atom stereocenters. The summed E-state index contributed by atoms with van der Waals surface area (Å²) >= 11 is 0. The SMILES string of the molecule is CCCC(=O)N[C@@H](Cc1cccc(O)c1)C(=O)NCCCOCCCCOCCCN. The van der Waals surface area contributed by atoms with Crippen molar-refractivity contribution in [1.29, 1.82) is 0 Å². The van der Waals surface area contributed by atoms with Crippen LogP contribution in [0.5, 0.6) is 5.75 Å². The van der Waals surface area contributed by atoms with Crippen molar-refractivity contribution in [3.63, 3.8) is 0 Å². The Morgan fingerprint density at radius 2 is 1.74 bits per heavy atom. The molecule has 1 aromatic rings. The Labute approximate surface area is 185 Å². The van der Waals surface area contributed by atoms with Gasteiger partial charge in [-0.1, -0.05) is 19.1 Å². The van der Waals surface area contributed by atoms with E-state index in [9.17, 15) is 14.7 Å². The molecule has 31 heavy (non-hydrogen) atoms. The second kappa shape index (κ2) is 17.5. The molecule has 0 aliphatic heterocycles. The van der Waals surface area contributed by atoms with Gasteiger partial charge in [-0.05, 0) is 56.3 Å². The molecule has 1 rings (SSSR count). The predicted octanol–water partition coefficient (Wildman–Crippen LogP) is 1.89. The Balaban J connectivity index is 2.26. The van der Waals surface area contributed by atoms with Crippen molar-refractivity contribution in [3.8, 4) is 5.75 Å². The molecule has 5 N–H and O–H groups in total. The van der Waals surface area contributed by atoms with Gasteiger partial charge in [-0.15, -0.1) is 0 Å². The number of unbranched alkanes of at least 4 members (excludes halogenated alkanes) is 1. The second-order valence-corrected chi connectivity index (χ2v) is 7.46. The lowest BCUT2D eigenvalue weighted by molar-refractivity contribution is -0.129. The van der Waals surface area contributed by atoms with Gasteiger partial charge in [-0.3, -0.25) is 9.59 Å².